The van der Waals surface area contributed by atoms with E-state index in [9.17, 15) is 4.79 Å². The molecule has 0 bridgehead atoms. The van der Waals surface area contributed by atoms with Crippen LogP contribution >= 0.6 is 11.3 Å². The molecule has 0 saturated heterocycles. The Labute approximate surface area is 139 Å². The smallest absolute Gasteiger partial charge is 0.258 e. The number of nitrogens with one attached hydrogen (secondary N) is 1. The Morgan fingerprint density at radius 1 is 1.13 bits per heavy atom. The summed E-state index contributed by atoms with van der Waals surface area (Å²) >= 11 is 1.63. The summed E-state index contributed by atoms with van der Waals surface area (Å²) in [4.78, 5) is 13.9. The van der Waals surface area contributed by atoms with Gasteiger partial charge in [-0.15, -0.1) is 11.3 Å². The van der Waals surface area contributed by atoms with Crippen LogP contribution in [0.4, 0.5) is 5.69 Å². The van der Waals surface area contributed by atoms with Gasteiger partial charge in [-0.1, -0.05) is 0 Å². The van der Waals surface area contributed by atoms with Gasteiger partial charge in [0.2, 0.25) is 0 Å². The molecule has 1 amide bonds. The summed E-state index contributed by atoms with van der Waals surface area (Å²) < 4.78 is 7.11. The highest BCUT2D eigenvalue weighted by Crippen LogP contribution is 2.31. The summed E-state index contributed by atoms with van der Waals surface area (Å²) in [7, 11) is 1.62. The molecule has 3 aromatic rings. The Balaban J connectivity index is 1.92. The number of rotatable bonds is 4. The average Bonchev–Trinajstić information content (AvgIpc) is 3.17. The van der Waals surface area contributed by atoms with Crippen molar-refractivity contribution >= 4 is 22.9 Å². The van der Waals surface area contributed by atoms with E-state index in [1.165, 1.54) is 0 Å². The lowest BCUT2D eigenvalue weighted by Gasteiger charge is -2.09. The van der Waals surface area contributed by atoms with Gasteiger partial charge in [0.1, 0.15) is 10.8 Å². The lowest BCUT2D eigenvalue weighted by Crippen LogP contribution is -2.14. The molecular formula is C18H18N2O2S. The molecule has 2 aromatic heterocycles. The largest absolute Gasteiger partial charge is 0.497 e. The number of nitrogens with zero attached hydrogens (tertiary/aromatic N) is 1. The van der Waals surface area contributed by atoms with Crippen LogP contribution in [0.3, 0.4) is 0 Å². The van der Waals surface area contributed by atoms with Crippen molar-refractivity contribution in [2.24, 2.45) is 0 Å². The van der Waals surface area contributed by atoms with Gasteiger partial charge in [0, 0.05) is 23.0 Å². The average molecular weight is 326 g/mol. The Kier molecular flexibility index (Phi) is 4.21. The Morgan fingerprint density at radius 3 is 2.39 bits per heavy atom. The fourth-order valence-corrected chi connectivity index (χ4v) is 3.52. The van der Waals surface area contributed by atoms with E-state index in [0.29, 0.717) is 0 Å². The molecule has 1 N–H and O–H groups in total. The predicted octanol–water partition coefficient (Wildman–Crippen LogP) is 4.42. The van der Waals surface area contributed by atoms with E-state index in [4.69, 9.17) is 4.74 Å². The minimum absolute atomic E-state index is 0.0966. The van der Waals surface area contributed by atoms with Gasteiger partial charge < -0.3 is 14.6 Å². The summed E-state index contributed by atoms with van der Waals surface area (Å²) in [5.41, 5.74) is 2.49. The third-order valence-electron chi connectivity index (χ3n) is 3.78. The van der Waals surface area contributed by atoms with Gasteiger partial charge in [0.05, 0.1) is 12.7 Å². The predicted molar refractivity (Wildman–Crippen MR) is 94.1 cm³/mol. The van der Waals surface area contributed by atoms with Crippen LogP contribution in [0, 0.1) is 13.8 Å². The van der Waals surface area contributed by atoms with Crippen LogP contribution in [0.15, 0.2) is 48.8 Å². The SMILES string of the molecule is COc1ccc(NC(=O)c2c(-n3cccc3)sc(C)c2C)cc1. The number of hydrogen-bond donors (Lipinski definition) is 1. The second-order valence-corrected chi connectivity index (χ2v) is 6.44. The Morgan fingerprint density at radius 2 is 1.78 bits per heavy atom. The zero-order chi connectivity index (χ0) is 16.4. The van der Waals surface area contributed by atoms with Crippen molar-refractivity contribution in [3.8, 4) is 10.8 Å². The van der Waals surface area contributed by atoms with E-state index < -0.39 is 0 Å². The van der Waals surface area contributed by atoms with Gasteiger partial charge in [-0.05, 0) is 55.8 Å². The van der Waals surface area contributed by atoms with E-state index in [-0.39, 0.29) is 5.91 Å². The number of ether oxygens (including phenoxy) is 1. The molecule has 0 aliphatic carbocycles. The first kappa shape index (κ1) is 15.4. The van der Waals surface area contributed by atoms with Crippen LogP contribution in [-0.4, -0.2) is 17.6 Å². The molecule has 3 rings (SSSR count). The van der Waals surface area contributed by atoms with Crippen molar-refractivity contribution in [2.45, 2.75) is 13.8 Å². The van der Waals surface area contributed by atoms with Gasteiger partial charge in [0.15, 0.2) is 0 Å². The Bertz CT molecular complexity index is 818. The maximum Gasteiger partial charge on any atom is 0.258 e. The fourth-order valence-electron chi connectivity index (χ4n) is 2.40. The van der Waals surface area contributed by atoms with E-state index >= 15 is 0 Å². The number of benzene rings is 1. The minimum Gasteiger partial charge on any atom is -0.497 e. The summed E-state index contributed by atoms with van der Waals surface area (Å²) in [6.45, 7) is 4.03. The third-order valence-corrected chi connectivity index (χ3v) is 5.00. The highest BCUT2D eigenvalue weighted by atomic mass is 32.1. The van der Waals surface area contributed by atoms with Gasteiger partial charge in [-0.3, -0.25) is 4.79 Å². The van der Waals surface area contributed by atoms with Crippen molar-refractivity contribution in [1.82, 2.24) is 4.57 Å². The fraction of sp³-hybridized carbons (Fsp3) is 0.167. The highest BCUT2D eigenvalue weighted by molar-refractivity contribution is 7.15. The molecule has 5 heteroatoms. The molecule has 1 aromatic carbocycles. The summed E-state index contributed by atoms with van der Waals surface area (Å²) in [6.07, 6.45) is 3.91. The topological polar surface area (TPSA) is 43.3 Å². The molecule has 0 saturated carbocycles. The number of carbonyl (C=O) groups excluding carboxylic acids is 1. The maximum absolute atomic E-state index is 12.8. The van der Waals surface area contributed by atoms with Gasteiger partial charge in [-0.2, -0.15) is 0 Å². The number of methoxy groups -OCH3 is 1. The summed E-state index contributed by atoms with van der Waals surface area (Å²) in [5.74, 6) is 0.666. The number of aryl methyl sites for hydroxylation is 1. The number of hydrogen-bond acceptors (Lipinski definition) is 3. The first-order valence-corrected chi connectivity index (χ1v) is 8.10. The van der Waals surface area contributed by atoms with Crippen LogP contribution in [-0.2, 0) is 0 Å². The molecule has 4 nitrogen and oxygen atoms in total. The van der Waals surface area contributed by atoms with Crippen LogP contribution in [0.25, 0.3) is 5.00 Å². The van der Waals surface area contributed by atoms with Gasteiger partial charge in [0.25, 0.3) is 5.91 Å². The van der Waals surface area contributed by atoms with E-state index in [1.54, 1.807) is 18.4 Å². The summed E-state index contributed by atoms with van der Waals surface area (Å²) in [5, 5.41) is 3.91. The standard InChI is InChI=1S/C18H18N2O2S/c1-12-13(2)23-18(20-10-4-5-11-20)16(12)17(21)19-14-6-8-15(22-3)9-7-14/h4-11H,1-3H3,(H,19,21). The summed E-state index contributed by atoms with van der Waals surface area (Å²) in [6, 6.07) is 11.2. The van der Waals surface area contributed by atoms with Crippen molar-refractivity contribution in [2.75, 3.05) is 12.4 Å². The molecule has 0 spiro atoms. The zero-order valence-electron chi connectivity index (χ0n) is 13.3. The number of amides is 1. The number of carbonyl (C=O) groups is 1. The van der Waals surface area contributed by atoms with E-state index in [1.807, 2.05) is 67.2 Å². The van der Waals surface area contributed by atoms with Crippen molar-refractivity contribution < 1.29 is 9.53 Å². The molecule has 0 atom stereocenters. The number of thiophene rings is 1. The lowest BCUT2D eigenvalue weighted by molar-refractivity contribution is 0.102. The molecule has 0 fully saturated rings. The maximum atomic E-state index is 12.8. The van der Waals surface area contributed by atoms with Crippen molar-refractivity contribution in [3.05, 3.63) is 64.8 Å². The molecule has 118 valence electrons. The molecule has 0 unspecified atom stereocenters. The normalized spacial score (nSPS) is 10.6. The molecule has 2 heterocycles. The first-order chi connectivity index (χ1) is 11.1. The third kappa shape index (κ3) is 3.00. The monoisotopic (exact) mass is 326 g/mol. The first-order valence-electron chi connectivity index (χ1n) is 7.29. The van der Waals surface area contributed by atoms with Crippen LogP contribution in [0.5, 0.6) is 5.75 Å². The van der Waals surface area contributed by atoms with Gasteiger partial charge >= 0.3 is 0 Å². The molecule has 23 heavy (non-hydrogen) atoms. The number of anilines is 1. The van der Waals surface area contributed by atoms with E-state index in [2.05, 4.69) is 5.32 Å². The molecular weight excluding hydrogens is 308 g/mol. The second-order valence-electron chi connectivity index (χ2n) is 5.24. The zero-order valence-corrected chi connectivity index (χ0v) is 14.1. The molecule has 0 radical (unpaired) electrons. The van der Waals surface area contributed by atoms with Crippen LogP contribution in [0.2, 0.25) is 0 Å². The van der Waals surface area contributed by atoms with Crippen LogP contribution in [0.1, 0.15) is 20.8 Å². The quantitative estimate of drug-likeness (QED) is 0.771. The van der Waals surface area contributed by atoms with Gasteiger partial charge in [-0.25, -0.2) is 0 Å². The Hall–Kier alpha value is -2.53. The van der Waals surface area contributed by atoms with Crippen molar-refractivity contribution in [3.63, 3.8) is 0 Å². The number of aromatic nitrogens is 1. The molecule has 0 aliphatic heterocycles. The van der Waals surface area contributed by atoms with E-state index in [0.717, 1.165) is 32.4 Å². The lowest BCUT2D eigenvalue weighted by atomic mass is 10.1. The highest BCUT2D eigenvalue weighted by Gasteiger charge is 2.20. The molecule has 0 aliphatic rings. The van der Waals surface area contributed by atoms with Crippen molar-refractivity contribution in [1.29, 1.82) is 0 Å². The second kappa shape index (κ2) is 6.30. The minimum atomic E-state index is -0.0966. The van der Waals surface area contributed by atoms with Crippen LogP contribution < -0.4 is 10.1 Å².